The second kappa shape index (κ2) is 6.35. The van der Waals surface area contributed by atoms with E-state index in [0.717, 1.165) is 5.57 Å². The first-order valence-electron chi connectivity index (χ1n) is 4.61. The molecule has 1 rings (SSSR count). The fourth-order valence-electron chi connectivity index (χ4n) is 1.25. The molecule has 0 saturated carbocycles. The minimum absolute atomic E-state index is 0.618. The molecule has 14 heavy (non-hydrogen) atoms. The van der Waals surface area contributed by atoms with E-state index in [2.05, 4.69) is 12.1 Å². The van der Waals surface area contributed by atoms with E-state index >= 15 is 0 Å². The molecule has 0 aliphatic rings. The van der Waals surface area contributed by atoms with Gasteiger partial charge in [-0.05, 0) is 11.1 Å². The Kier molecular flexibility index (Phi) is 4.97. The van der Waals surface area contributed by atoms with Crippen LogP contribution in [-0.2, 0) is 9.47 Å². The molecule has 0 bridgehead atoms. The van der Waals surface area contributed by atoms with Crippen molar-refractivity contribution in [1.82, 2.24) is 0 Å². The lowest BCUT2D eigenvalue weighted by atomic mass is 10.1. The molecule has 1 aromatic rings. The van der Waals surface area contributed by atoms with Crippen molar-refractivity contribution in [2.24, 2.45) is 0 Å². The molecule has 0 N–H and O–H groups in total. The second-order valence-electron chi connectivity index (χ2n) is 2.98. The molecule has 0 saturated heterocycles. The van der Waals surface area contributed by atoms with E-state index in [1.807, 2.05) is 24.3 Å². The van der Waals surface area contributed by atoms with E-state index < -0.39 is 0 Å². The number of hydrogen-bond donors (Lipinski definition) is 0. The summed E-state index contributed by atoms with van der Waals surface area (Å²) in [7, 11) is 3.38. The van der Waals surface area contributed by atoms with Crippen molar-refractivity contribution in [3.63, 3.8) is 0 Å². The van der Waals surface area contributed by atoms with Crippen LogP contribution in [-0.4, -0.2) is 27.4 Å². The molecule has 0 spiro atoms. The highest BCUT2D eigenvalue weighted by Gasteiger charge is 1.99. The number of rotatable bonds is 5. The monoisotopic (exact) mass is 192 g/mol. The first kappa shape index (κ1) is 11.0. The molecular weight excluding hydrogens is 176 g/mol. The van der Waals surface area contributed by atoms with Crippen LogP contribution in [0.1, 0.15) is 5.56 Å². The highest BCUT2D eigenvalue weighted by molar-refractivity contribution is 5.66. The van der Waals surface area contributed by atoms with Gasteiger partial charge in [-0.2, -0.15) is 0 Å². The quantitative estimate of drug-likeness (QED) is 0.713. The summed E-state index contributed by atoms with van der Waals surface area (Å²) in [6.07, 6.45) is 2.04. The smallest absolute Gasteiger partial charge is 0.0716 e. The molecule has 0 radical (unpaired) electrons. The van der Waals surface area contributed by atoms with Gasteiger partial charge >= 0.3 is 0 Å². The highest BCUT2D eigenvalue weighted by Crippen LogP contribution is 2.13. The average Bonchev–Trinajstić information content (AvgIpc) is 2.25. The Morgan fingerprint density at radius 1 is 1.14 bits per heavy atom. The summed E-state index contributed by atoms with van der Waals surface area (Å²) in [4.78, 5) is 0. The van der Waals surface area contributed by atoms with Crippen LogP contribution in [0.2, 0.25) is 0 Å². The third-order valence-corrected chi connectivity index (χ3v) is 1.94. The number of ether oxygens (including phenoxy) is 2. The lowest BCUT2D eigenvalue weighted by Gasteiger charge is -2.06. The van der Waals surface area contributed by atoms with Crippen LogP contribution in [0, 0.1) is 0 Å². The second-order valence-corrected chi connectivity index (χ2v) is 2.98. The number of hydrogen-bond acceptors (Lipinski definition) is 2. The molecule has 0 aliphatic heterocycles. The molecule has 0 heterocycles. The van der Waals surface area contributed by atoms with Gasteiger partial charge in [0.2, 0.25) is 0 Å². The summed E-state index contributed by atoms with van der Waals surface area (Å²) in [6.45, 7) is 1.24. The Morgan fingerprint density at radius 2 is 1.86 bits per heavy atom. The molecule has 0 amide bonds. The summed E-state index contributed by atoms with van der Waals surface area (Å²) >= 11 is 0. The summed E-state index contributed by atoms with van der Waals surface area (Å²) < 4.78 is 10.1. The van der Waals surface area contributed by atoms with Crippen LogP contribution < -0.4 is 0 Å². The van der Waals surface area contributed by atoms with Crippen molar-refractivity contribution >= 4 is 5.57 Å². The lowest BCUT2D eigenvalue weighted by molar-refractivity contribution is 0.227. The maximum atomic E-state index is 5.13. The first-order chi connectivity index (χ1) is 6.88. The molecule has 0 aromatic heterocycles. The Morgan fingerprint density at radius 3 is 2.43 bits per heavy atom. The molecule has 1 aromatic carbocycles. The largest absolute Gasteiger partial charge is 0.381 e. The zero-order chi connectivity index (χ0) is 10.2. The average molecular weight is 192 g/mol. The predicted molar refractivity (Wildman–Crippen MR) is 58.2 cm³/mol. The van der Waals surface area contributed by atoms with Crippen LogP contribution in [0.25, 0.3) is 5.57 Å². The third-order valence-electron chi connectivity index (χ3n) is 1.94. The van der Waals surface area contributed by atoms with Gasteiger partial charge in [-0.3, -0.25) is 0 Å². The summed E-state index contributed by atoms with van der Waals surface area (Å²) in [5.41, 5.74) is 2.35. The lowest BCUT2D eigenvalue weighted by Crippen LogP contribution is -1.96. The van der Waals surface area contributed by atoms with Crippen LogP contribution in [0.4, 0.5) is 0 Å². The molecule has 0 fully saturated rings. The molecule has 2 nitrogen and oxygen atoms in total. The van der Waals surface area contributed by atoms with Crippen molar-refractivity contribution < 1.29 is 9.47 Å². The molecule has 0 aliphatic carbocycles. The number of methoxy groups -OCH3 is 2. The van der Waals surface area contributed by atoms with Crippen LogP contribution in [0.5, 0.6) is 0 Å². The maximum absolute atomic E-state index is 5.13. The Balaban J connectivity index is 2.77. The topological polar surface area (TPSA) is 18.5 Å². The van der Waals surface area contributed by atoms with Crippen molar-refractivity contribution in [1.29, 1.82) is 0 Å². The van der Waals surface area contributed by atoms with Gasteiger partial charge in [0.05, 0.1) is 13.2 Å². The van der Waals surface area contributed by atoms with Gasteiger partial charge in [0.1, 0.15) is 0 Å². The van der Waals surface area contributed by atoms with Crippen LogP contribution in [0.3, 0.4) is 0 Å². The van der Waals surface area contributed by atoms with E-state index in [1.54, 1.807) is 14.2 Å². The standard InChI is InChI=1S/C12H16O2/c1-13-9-8-12(10-14-2)11-6-4-3-5-7-11/h3-8H,9-10H2,1-2H3. The fourth-order valence-corrected chi connectivity index (χ4v) is 1.25. The van der Waals surface area contributed by atoms with E-state index in [1.165, 1.54) is 5.56 Å². The molecule has 2 heteroatoms. The van der Waals surface area contributed by atoms with Crippen LogP contribution in [0.15, 0.2) is 36.4 Å². The van der Waals surface area contributed by atoms with Gasteiger partial charge < -0.3 is 9.47 Å². The minimum Gasteiger partial charge on any atom is -0.381 e. The van der Waals surface area contributed by atoms with E-state index in [4.69, 9.17) is 9.47 Å². The van der Waals surface area contributed by atoms with Gasteiger partial charge in [-0.25, -0.2) is 0 Å². The van der Waals surface area contributed by atoms with E-state index in [0.29, 0.717) is 13.2 Å². The number of benzene rings is 1. The van der Waals surface area contributed by atoms with Gasteiger partial charge in [0.15, 0.2) is 0 Å². The van der Waals surface area contributed by atoms with Crippen molar-refractivity contribution in [2.45, 2.75) is 0 Å². The molecule has 0 atom stereocenters. The predicted octanol–water partition coefficient (Wildman–Crippen LogP) is 2.36. The fraction of sp³-hybridized carbons (Fsp3) is 0.333. The van der Waals surface area contributed by atoms with Gasteiger partial charge in [0.25, 0.3) is 0 Å². The normalized spacial score (nSPS) is 11.7. The highest BCUT2D eigenvalue weighted by atomic mass is 16.5. The zero-order valence-corrected chi connectivity index (χ0v) is 8.69. The zero-order valence-electron chi connectivity index (χ0n) is 8.69. The Bertz CT molecular complexity index is 278. The third kappa shape index (κ3) is 3.32. The summed E-state index contributed by atoms with van der Waals surface area (Å²) in [5, 5.41) is 0. The first-order valence-corrected chi connectivity index (χ1v) is 4.61. The Labute approximate surface area is 85.2 Å². The Hall–Kier alpha value is -1.12. The summed E-state index contributed by atoms with van der Waals surface area (Å²) in [5.74, 6) is 0. The molecule has 76 valence electrons. The maximum Gasteiger partial charge on any atom is 0.0716 e. The minimum atomic E-state index is 0.618. The van der Waals surface area contributed by atoms with Crippen molar-refractivity contribution in [3.8, 4) is 0 Å². The van der Waals surface area contributed by atoms with Crippen molar-refractivity contribution in [3.05, 3.63) is 42.0 Å². The van der Waals surface area contributed by atoms with Crippen molar-refractivity contribution in [2.75, 3.05) is 27.4 Å². The van der Waals surface area contributed by atoms with Gasteiger partial charge in [-0.15, -0.1) is 0 Å². The van der Waals surface area contributed by atoms with E-state index in [-0.39, 0.29) is 0 Å². The van der Waals surface area contributed by atoms with Crippen LogP contribution >= 0.6 is 0 Å². The molecular formula is C12H16O2. The SMILES string of the molecule is COCC=C(COC)c1ccccc1. The van der Waals surface area contributed by atoms with E-state index in [9.17, 15) is 0 Å². The van der Waals surface area contributed by atoms with Gasteiger partial charge in [-0.1, -0.05) is 36.4 Å². The molecule has 0 unspecified atom stereocenters. The van der Waals surface area contributed by atoms with Gasteiger partial charge in [0, 0.05) is 14.2 Å². The summed E-state index contributed by atoms with van der Waals surface area (Å²) in [6, 6.07) is 10.2.